The maximum Gasteiger partial charge on any atom is 0.328 e. The summed E-state index contributed by atoms with van der Waals surface area (Å²) in [5, 5.41) is 9.06. The Morgan fingerprint density at radius 1 is 1.12 bits per heavy atom. The van der Waals surface area contributed by atoms with Crippen LogP contribution in [-0.2, 0) is 4.79 Å². The van der Waals surface area contributed by atoms with Crippen molar-refractivity contribution in [3.8, 4) is 17.2 Å². The van der Waals surface area contributed by atoms with E-state index >= 15 is 0 Å². The molecule has 0 unspecified atom stereocenters. The maximum absolute atomic E-state index is 10.6. The van der Waals surface area contributed by atoms with Crippen LogP contribution >= 0.6 is 11.6 Å². The van der Waals surface area contributed by atoms with Crippen LogP contribution in [0.3, 0.4) is 0 Å². The Labute approximate surface area is 151 Å². The highest BCUT2D eigenvalue weighted by atomic mass is 35.5. The van der Waals surface area contributed by atoms with Gasteiger partial charge in [0.2, 0.25) is 0 Å². The molecule has 0 bridgehead atoms. The van der Waals surface area contributed by atoms with Crippen molar-refractivity contribution in [2.75, 3.05) is 19.8 Å². The van der Waals surface area contributed by atoms with Gasteiger partial charge < -0.3 is 19.3 Å². The van der Waals surface area contributed by atoms with Gasteiger partial charge in [0.15, 0.2) is 11.5 Å². The van der Waals surface area contributed by atoms with E-state index in [1.807, 2.05) is 37.3 Å². The number of carboxylic acid groups (broad SMARTS) is 1. The highest BCUT2D eigenvalue weighted by molar-refractivity contribution is 6.32. The third-order valence-electron chi connectivity index (χ3n) is 3.09. The minimum atomic E-state index is -1.03. The van der Waals surface area contributed by atoms with Crippen LogP contribution in [0.4, 0.5) is 0 Å². The van der Waals surface area contributed by atoms with Crippen molar-refractivity contribution in [2.24, 2.45) is 0 Å². The van der Waals surface area contributed by atoms with Gasteiger partial charge in [0.1, 0.15) is 19.0 Å². The average Bonchev–Trinajstić information content (AvgIpc) is 2.59. The van der Waals surface area contributed by atoms with Gasteiger partial charge in [0.25, 0.3) is 0 Å². The molecule has 0 aliphatic heterocycles. The minimum absolute atomic E-state index is 0.291. The predicted octanol–water partition coefficient (Wildman–Crippen LogP) is 4.29. The van der Waals surface area contributed by atoms with E-state index < -0.39 is 5.97 Å². The number of hydrogen-bond donors (Lipinski definition) is 1. The lowest BCUT2D eigenvalue weighted by molar-refractivity contribution is -0.131. The largest absolute Gasteiger partial charge is 0.490 e. The first-order valence-corrected chi connectivity index (χ1v) is 8.16. The second kappa shape index (κ2) is 9.59. The molecule has 0 spiro atoms. The lowest BCUT2D eigenvalue weighted by Crippen LogP contribution is -2.10. The lowest BCUT2D eigenvalue weighted by atomic mass is 10.2. The average molecular weight is 363 g/mol. The zero-order valence-corrected chi connectivity index (χ0v) is 14.5. The summed E-state index contributed by atoms with van der Waals surface area (Å²) in [6.07, 6.45) is 2.48. The second-order valence-corrected chi connectivity index (χ2v) is 5.35. The molecule has 0 amide bonds. The van der Waals surface area contributed by atoms with Crippen LogP contribution in [0.2, 0.25) is 5.02 Å². The van der Waals surface area contributed by atoms with Gasteiger partial charge in [-0.1, -0.05) is 29.8 Å². The van der Waals surface area contributed by atoms with Gasteiger partial charge in [-0.25, -0.2) is 4.79 Å². The summed E-state index contributed by atoms with van der Waals surface area (Å²) >= 11 is 6.25. The molecule has 0 radical (unpaired) electrons. The van der Waals surface area contributed by atoms with E-state index in [9.17, 15) is 4.79 Å². The van der Waals surface area contributed by atoms with Crippen LogP contribution in [0.5, 0.6) is 17.2 Å². The van der Waals surface area contributed by atoms with Crippen LogP contribution in [-0.4, -0.2) is 30.9 Å². The van der Waals surface area contributed by atoms with Gasteiger partial charge in [-0.15, -0.1) is 0 Å². The van der Waals surface area contributed by atoms with Crippen molar-refractivity contribution in [1.29, 1.82) is 0 Å². The van der Waals surface area contributed by atoms with E-state index in [0.29, 0.717) is 41.9 Å². The number of para-hydroxylation sites is 1. The SMILES string of the molecule is CCOc1cc(C=CC(=O)O)cc(Cl)c1OCCOc1ccccc1. The van der Waals surface area contributed by atoms with Gasteiger partial charge in [0, 0.05) is 6.08 Å². The fourth-order valence-corrected chi connectivity index (χ4v) is 2.35. The molecular weight excluding hydrogens is 344 g/mol. The van der Waals surface area contributed by atoms with Crippen molar-refractivity contribution in [3.05, 3.63) is 59.1 Å². The zero-order valence-electron chi connectivity index (χ0n) is 13.8. The Hall–Kier alpha value is -2.66. The fourth-order valence-electron chi connectivity index (χ4n) is 2.07. The van der Waals surface area contributed by atoms with Gasteiger partial charge in [0.05, 0.1) is 11.6 Å². The molecule has 0 aliphatic carbocycles. The molecule has 0 saturated carbocycles. The zero-order chi connectivity index (χ0) is 18.1. The van der Waals surface area contributed by atoms with Crippen LogP contribution in [0.25, 0.3) is 6.08 Å². The van der Waals surface area contributed by atoms with Crippen LogP contribution in [0.15, 0.2) is 48.5 Å². The Morgan fingerprint density at radius 2 is 1.84 bits per heavy atom. The quantitative estimate of drug-likeness (QED) is 0.532. The summed E-state index contributed by atoms with van der Waals surface area (Å²) in [6, 6.07) is 12.7. The van der Waals surface area contributed by atoms with Gasteiger partial charge in [-0.2, -0.15) is 0 Å². The minimum Gasteiger partial charge on any atom is -0.490 e. The number of rotatable bonds is 9. The van der Waals surface area contributed by atoms with E-state index in [1.165, 1.54) is 6.08 Å². The number of halogens is 1. The van der Waals surface area contributed by atoms with Crippen molar-refractivity contribution in [3.63, 3.8) is 0 Å². The molecule has 6 heteroatoms. The lowest BCUT2D eigenvalue weighted by Gasteiger charge is -2.15. The summed E-state index contributed by atoms with van der Waals surface area (Å²) < 4.78 is 16.8. The first-order valence-electron chi connectivity index (χ1n) is 7.78. The summed E-state index contributed by atoms with van der Waals surface area (Å²) in [6.45, 7) is 2.92. The molecule has 0 atom stereocenters. The van der Waals surface area contributed by atoms with Crippen molar-refractivity contribution < 1.29 is 24.1 Å². The summed E-state index contributed by atoms with van der Waals surface area (Å²) in [5.41, 5.74) is 0.615. The van der Waals surface area contributed by atoms with Crippen LogP contribution in [0, 0.1) is 0 Å². The second-order valence-electron chi connectivity index (χ2n) is 4.94. The molecule has 0 saturated heterocycles. The molecule has 0 fully saturated rings. The summed E-state index contributed by atoms with van der Waals surface area (Å²) in [5.74, 6) is 0.594. The summed E-state index contributed by atoms with van der Waals surface area (Å²) in [7, 11) is 0. The molecule has 132 valence electrons. The smallest absolute Gasteiger partial charge is 0.328 e. The number of benzene rings is 2. The predicted molar refractivity (Wildman–Crippen MR) is 96.7 cm³/mol. The monoisotopic (exact) mass is 362 g/mol. The third kappa shape index (κ3) is 6.04. The number of carbonyl (C=O) groups is 1. The molecule has 25 heavy (non-hydrogen) atoms. The molecular formula is C19H19ClO5. The Kier molecular flexibility index (Phi) is 7.16. The van der Waals surface area contributed by atoms with E-state index in [4.69, 9.17) is 30.9 Å². The van der Waals surface area contributed by atoms with Gasteiger partial charge in [-0.05, 0) is 42.8 Å². The summed E-state index contributed by atoms with van der Waals surface area (Å²) in [4.78, 5) is 10.6. The molecule has 2 aromatic rings. The maximum atomic E-state index is 10.6. The number of ether oxygens (including phenoxy) is 3. The molecule has 0 heterocycles. The Bertz CT molecular complexity index is 728. The normalized spacial score (nSPS) is 10.6. The topological polar surface area (TPSA) is 65.0 Å². The number of aliphatic carboxylic acids is 1. The third-order valence-corrected chi connectivity index (χ3v) is 3.37. The molecule has 0 aromatic heterocycles. The van der Waals surface area contributed by atoms with E-state index in [1.54, 1.807) is 12.1 Å². The molecule has 2 aromatic carbocycles. The van der Waals surface area contributed by atoms with Crippen LogP contribution < -0.4 is 14.2 Å². The fraction of sp³-hybridized carbons (Fsp3) is 0.211. The van der Waals surface area contributed by atoms with Crippen LogP contribution in [0.1, 0.15) is 12.5 Å². The molecule has 2 rings (SSSR count). The molecule has 0 aliphatic rings. The van der Waals surface area contributed by atoms with E-state index in [2.05, 4.69) is 0 Å². The Morgan fingerprint density at radius 3 is 2.52 bits per heavy atom. The first kappa shape index (κ1) is 18.7. The van der Waals surface area contributed by atoms with Gasteiger partial charge >= 0.3 is 5.97 Å². The highest BCUT2D eigenvalue weighted by Gasteiger charge is 2.12. The first-order chi connectivity index (χ1) is 12.1. The van der Waals surface area contributed by atoms with Crippen molar-refractivity contribution in [2.45, 2.75) is 6.92 Å². The van der Waals surface area contributed by atoms with E-state index in [-0.39, 0.29) is 0 Å². The molecule has 5 nitrogen and oxygen atoms in total. The highest BCUT2D eigenvalue weighted by Crippen LogP contribution is 2.37. The number of hydrogen-bond acceptors (Lipinski definition) is 4. The standard InChI is InChI=1S/C19H19ClO5/c1-2-23-17-13-14(8-9-18(21)22)12-16(20)19(17)25-11-10-24-15-6-4-3-5-7-15/h3-9,12-13H,2,10-11H2,1H3,(H,21,22). The molecule has 1 N–H and O–H groups in total. The van der Waals surface area contributed by atoms with Crippen molar-refractivity contribution in [1.82, 2.24) is 0 Å². The van der Waals surface area contributed by atoms with E-state index in [0.717, 1.165) is 11.8 Å². The Balaban J connectivity index is 2.04. The van der Waals surface area contributed by atoms with Crippen molar-refractivity contribution >= 4 is 23.6 Å². The number of carboxylic acids is 1. The van der Waals surface area contributed by atoms with Gasteiger partial charge in [-0.3, -0.25) is 0 Å².